The highest BCUT2D eigenvalue weighted by molar-refractivity contribution is 6.28. The lowest BCUT2D eigenvalue weighted by Crippen LogP contribution is -2.37. The first kappa shape index (κ1) is 13.3. The smallest absolute Gasteiger partial charge is 0.341 e. The highest BCUT2D eigenvalue weighted by Crippen LogP contribution is 2.42. The van der Waals surface area contributed by atoms with Gasteiger partial charge in [0.1, 0.15) is 17.2 Å². The first-order chi connectivity index (χ1) is 9.54. The minimum absolute atomic E-state index is 0.00528. The number of rotatable bonds is 3. The number of carbonyl (C=O) groups excluding carboxylic acids is 1. The van der Waals surface area contributed by atoms with Crippen LogP contribution in [0.4, 0.5) is 5.82 Å². The Balaban J connectivity index is 1.87. The molecule has 3 rings (SSSR count). The molecule has 2 N–H and O–H groups in total. The Morgan fingerprint density at radius 3 is 2.60 bits per heavy atom. The average Bonchev–Trinajstić information content (AvgIpc) is 2.62. The normalized spacial score (nSPS) is 28.4. The zero-order chi connectivity index (χ0) is 14.3. The second kappa shape index (κ2) is 5.01. The number of hydrogen-bond acceptors (Lipinski definition) is 5. The van der Waals surface area contributed by atoms with Crippen LogP contribution in [0.1, 0.15) is 36.0 Å². The molecule has 20 heavy (non-hydrogen) atoms. The molecule has 0 radical (unpaired) electrons. The number of hydrogen-bond donors (Lipinski definition) is 2. The Morgan fingerprint density at radius 1 is 1.35 bits per heavy atom. The maximum atomic E-state index is 11.6. The highest BCUT2D eigenvalue weighted by atomic mass is 35.5. The van der Waals surface area contributed by atoms with E-state index in [9.17, 15) is 9.59 Å². The SMILES string of the molecule is O=C1CC2CCC(C1)C2Nc1nc(Cl)ncc1C(=O)O. The fourth-order valence-corrected chi connectivity index (χ4v) is 3.45. The number of fused-ring (bicyclic) bond motifs is 2. The number of carboxylic acid groups (broad SMARTS) is 1. The Bertz CT molecular complexity index is 562. The van der Waals surface area contributed by atoms with Crippen molar-refractivity contribution >= 4 is 29.2 Å². The number of aromatic nitrogens is 2. The average molecular weight is 296 g/mol. The molecule has 1 heterocycles. The van der Waals surface area contributed by atoms with Crippen molar-refractivity contribution in [2.24, 2.45) is 11.8 Å². The van der Waals surface area contributed by atoms with Gasteiger partial charge in [0, 0.05) is 25.1 Å². The van der Waals surface area contributed by atoms with Gasteiger partial charge in [-0.25, -0.2) is 9.78 Å². The lowest BCUT2D eigenvalue weighted by Gasteiger charge is -2.30. The minimum atomic E-state index is -1.09. The maximum Gasteiger partial charge on any atom is 0.341 e. The lowest BCUT2D eigenvalue weighted by molar-refractivity contribution is -0.122. The van der Waals surface area contributed by atoms with Crippen LogP contribution in [0, 0.1) is 11.8 Å². The van der Waals surface area contributed by atoms with Gasteiger partial charge >= 0.3 is 5.97 Å². The first-order valence-corrected chi connectivity index (χ1v) is 6.96. The van der Waals surface area contributed by atoms with E-state index in [2.05, 4.69) is 15.3 Å². The zero-order valence-electron chi connectivity index (χ0n) is 10.7. The Kier molecular flexibility index (Phi) is 3.33. The summed E-state index contributed by atoms with van der Waals surface area (Å²) in [5.74, 6) is -0.0276. The van der Waals surface area contributed by atoms with E-state index in [0.717, 1.165) is 12.8 Å². The summed E-state index contributed by atoms with van der Waals surface area (Å²) >= 11 is 5.74. The summed E-state index contributed by atoms with van der Waals surface area (Å²) in [7, 11) is 0. The second-order valence-electron chi connectivity index (χ2n) is 5.42. The second-order valence-corrected chi connectivity index (χ2v) is 5.76. The predicted molar refractivity (Wildman–Crippen MR) is 71.9 cm³/mol. The van der Waals surface area contributed by atoms with E-state index in [-0.39, 0.29) is 34.5 Å². The van der Waals surface area contributed by atoms with Gasteiger partial charge in [0.2, 0.25) is 5.28 Å². The molecule has 6 nitrogen and oxygen atoms in total. The minimum Gasteiger partial charge on any atom is -0.477 e. The summed E-state index contributed by atoms with van der Waals surface area (Å²) in [5.41, 5.74) is 0.00528. The molecule has 2 aliphatic carbocycles. The molecule has 2 atom stereocenters. The standard InChI is InChI=1S/C13H14ClN3O3/c14-13-15-5-9(12(19)20)11(17-13)16-10-6-1-2-7(10)4-8(18)3-6/h5-7,10H,1-4H2,(H,19,20)(H,15,16,17). The molecule has 2 saturated carbocycles. The predicted octanol–water partition coefficient (Wildman–Crippen LogP) is 2.00. The molecular weight excluding hydrogens is 282 g/mol. The van der Waals surface area contributed by atoms with Crippen LogP contribution in [-0.4, -0.2) is 32.9 Å². The Morgan fingerprint density at radius 2 is 2.00 bits per heavy atom. The lowest BCUT2D eigenvalue weighted by atomic mass is 9.83. The van der Waals surface area contributed by atoms with Crippen LogP contribution in [0.3, 0.4) is 0 Å². The molecular formula is C13H14ClN3O3. The summed E-state index contributed by atoms with van der Waals surface area (Å²) in [6, 6.07) is 0.0942. The number of nitrogens with one attached hydrogen (secondary N) is 1. The van der Waals surface area contributed by atoms with E-state index in [1.54, 1.807) is 0 Å². The van der Waals surface area contributed by atoms with E-state index in [4.69, 9.17) is 16.7 Å². The van der Waals surface area contributed by atoms with Crippen molar-refractivity contribution < 1.29 is 14.7 Å². The van der Waals surface area contributed by atoms with E-state index in [1.807, 2.05) is 0 Å². The van der Waals surface area contributed by atoms with Gasteiger partial charge in [0.05, 0.1) is 0 Å². The van der Waals surface area contributed by atoms with E-state index >= 15 is 0 Å². The molecule has 2 unspecified atom stereocenters. The number of aromatic carboxylic acids is 1. The third-order valence-corrected chi connectivity index (χ3v) is 4.38. The van der Waals surface area contributed by atoms with Crippen LogP contribution in [0.2, 0.25) is 5.28 Å². The van der Waals surface area contributed by atoms with Gasteiger partial charge in [-0.3, -0.25) is 4.79 Å². The molecule has 0 aromatic carbocycles. The number of anilines is 1. The third-order valence-electron chi connectivity index (χ3n) is 4.20. The van der Waals surface area contributed by atoms with Crippen molar-refractivity contribution in [2.45, 2.75) is 31.7 Å². The Labute approximate surface area is 120 Å². The van der Waals surface area contributed by atoms with Crippen LogP contribution < -0.4 is 5.32 Å². The van der Waals surface area contributed by atoms with Crippen LogP contribution in [-0.2, 0) is 4.79 Å². The van der Waals surface area contributed by atoms with E-state index in [0.29, 0.717) is 18.6 Å². The molecule has 1 aromatic heterocycles. The maximum absolute atomic E-state index is 11.6. The quantitative estimate of drug-likeness (QED) is 0.829. The van der Waals surface area contributed by atoms with Crippen LogP contribution in [0.5, 0.6) is 0 Å². The molecule has 0 aliphatic heterocycles. The monoisotopic (exact) mass is 295 g/mol. The zero-order valence-corrected chi connectivity index (χ0v) is 11.4. The summed E-state index contributed by atoms with van der Waals surface area (Å²) in [6.07, 6.45) is 4.32. The first-order valence-electron chi connectivity index (χ1n) is 6.58. The van der Waals surface area contributed by atoms with Crippen molar-refractivity contribution in [1.29, 1.82) is 0 Å². The summed E-state index contributed by atoms with van der Waals surface area (Å²) in [5, 5.41) is 12.4. The number of carbonyl (C=O) groups is 2. The van der Waals surface area contributed by atoms with Crippen LogP contribution in [0.15, 0.2) is 6.20 Å². The number of nitrogens with zero attached hydrogens (tertiary/aromatic N) is 2. The molecule has 1 aromatic rings. The van der Waals surface area contributed by atoms with Crippen LogP contribution in [0.25, 0.3) is 0 Å². The van der Waals surface area contributed by atoms with E-state index < -0.39 is 5.97 Å². The van der Waals surface area contributed by atoms with Gasteiger partial charge < -0.3 is 10.4 Å². The van der Waals surface area contributed by atoms with Crippen molar-refractivity contribution in [3.05, 3.63) is 17.0 Å². The molecule has 2 bridgehead atoms. The largest absolute Gasteiger partial charge is 0.477 e. The molecule has 7 heteroatoms. The van der Waals surface area contributed by atoms with Gasteiger partial charge in [-0.1, -0.05) is 0 Å². The van der Waals surface area contributed by atoms with Gasteiger partial charge in [-0.15, -0.1) is 0 Å². The Hall–Kier alpha value is -1.69. The number of carboxylic acids is 1. The molecule has 0 saturated heterocycles. The molecule has 2 fully saturated rings. The van der Waals surface area contributed by atoms with Crippen molar-refractivity contribution in [3.63, 3.8) is 0 Å². The summed E-state index contributed by atoms with van der Waals surface area (Å²) in [4.78, 5) is 30.5. The summed E-state index contributed by atoms with van der Waals surface area (Å²) in [6.45, 7) is 0. The van der Waals surface area contributed by atoms with Gasteiger partial charge in [-0.2, -0.15) is 4.98 Å². The van der Waals surface area contributed by atoms with Crippen molar-refractivity contribution in [2.75, 3.05) is 5.32 Å². The highest BCUT2D eigenvalue weighted by Gasteiger charge is 2.42. The topological polar surface area (TPSA) is 92.2 Å². The van der Waals surface area contributed by atoms with Gasteiger partial charge in [0.25, 0.3) is 0 Å². The molecule has 106 valence electrons. The number of halogens is 1. The fraction of sp³-hybridized carbons (Fsp3) is 0.538. The summed E-state index contributed by atoms with van der Waals surface area (Å²) < 4.78 is 0. The van der Waals surface area contributed by atoms with Crippen LogP contribution >= 0.6 is 11.6 Å². The molecule has 0 spiro atoms. The van der Waals surface area contributed by atoms with Gasteiger partial charge in [0.15, 0.2) is 0 Å². The molecule has 0 amide bonds. The van der Waals surface area contributed by atoms with Crippen molar-refractivity contribution in [1.82, 2.24) is 9.97 Å². The molecule has 2 aliphatic rings. The third kappa shape index (κ3) is 2.35. The van der Waals surface area contributed by atoms with Gasteiger partial charge in [-0.05, 0) is 36.3 Å². The number of ketones is 1. The van der Waals surface area contributed by atoms with Crippen molar-refractivity contribution in [3.8, 4) is 0 Å². The fourth-order valence-electron chi connectivity index (χ4n) is 3.32. The van der Waals surface area contributed by atoms with E-state index in [1.165, 1.54) is 6.20 Å². The number of Topliss-reactive ketones (excluding diaryl/α,β-unsaturated/α-hetero) is 1.